The second kappa shape index (κ2) is 14.0. The van der Waals surface area contributed by atoms with E-state index in [0.29, 0.717) is 11.1 Å². The fraction of sp³-hybridized carbons (Fsp3) is 0.172. The van der Waals surface area contributed by atoms with Crippen molar-refractivity contribution in [1.29, 1.82) is 5.26 Å². The Balaban J connectivity index is 1.45. The van der Waals surface area contributed by atoms with Gasteiger partial charge in [-0.05, 0) is 65.7 Å². The molecule has 0 atom stereocenters. The molecule has 0 aliphatic rings. The Morgan fingerprint density at radius 3 is 2.57 bits per heavy atom. The van der Waals surface area contributed by atoms with Crippen molar-refractivity contribution >= 4 is 29.1 Å². The zero-order chi connectivity index (χ0) is 33.7. The van der Waals surface area contributed by atoms with E-state index < -0.39 is 30.7 Å². The Morgan fingerprint density at radius 1 is 1.06 bits per heavy atom. The van der Waals surface area contributed by atoms with E-state index in [9.17, 15) is 32.4 Å². The molecule has 47 heavy (non-hydrogen) atoms. The fourth-order valence-corrected chi connectivity index (χ4v) is 4.60. The monoisotopic (exact) mass is 668 g/mol. The molecule has 0 spiro atoms. The Bertz CT molecular complexity index is 1990. The summed E-state index contributed by atoms with van der Waals surface area (Å²) in [7, 11) is 0. The molecule has 2 N–H and O–H groups in total. The van der Waals surface area contributed by atoms with Crippen LogP contribution in [0.5, 0.6) is 5.75 Å². The van der Waals surface area contributed by atoms with Gasteiger partial charge in [-0.25, -0.2) is 18.4 Å². The number of rotatable bonds is 11. The van der Waals surface area contributed by atoms with E-state index in [-0.39, 0.29) is 57.9 Å². The van der Waals surface area contributed by atoms with E-state index >= 15 is 0 Å². The summed E-state index contributed by atoms with van der Waals surface area (Å²) in [6.07, 6.45) is -1.53. The van der Waals surface area contributed by atoms with Gasteiger partial charge >= 0.3 is 13.0 Å². The summed E-state index contributed by atoms with van der Waals surface area (Å²) in [6.45, 7) is -1.79. The summed E-state index contributed by atoms with van der Waals surface area (Å²) in [4.78, 5) is 32.3. The number of amides is 2. The number of hydrogen-bond donors (Lipinski definition) is 2. The highest BCUT2D eigenvalue weighted by atomic mass is 35.5. The van der Waals surface area contributed by atoms with Gasteiger partial charge in [0.15, 0.2) is 5.82 Å². The molecular formula is C29H21ClF4N10O3. The van der Waals surface area contributed by atoms with Crippen LogP contribution in [-0.4, -0.2) is 53.4 Å². The van der Waals surface area contributed by atoms with E-state index in [1.54, 1.807) is 19.1 Å². The molecule has 5 rings (SSSR count). The predicted molar refractivity (Wildman–Crippen MR) is 156 cm³/mol. The lowest BCUT2D eigenvalue weighted by atomic mass is 10.0. The standard InChI is InChI=1S/C29H21ClF4N10O3/c1-15-8-17(12-35)10-20(27(45)37-13-16-4-2-5-19(9-16)47-29(33)34)23(15)38-28(46)22-11-18(14-43-41-25(24(31)32)39-42-43)40-44(22)26-21(30)6-3-7-36-26/h2-11,24,29H,13-14H2,1H3,(H,37,45)(H,38,46). The van der Waals surface area contributed by atoms with Crippen molar-refractivity contribution in [2.75, 3.05) is 5.32 Å². The molecule has 0 bridgehead atoms. The summed E-state index contributed by atoms with van der Waals surface area (Å²) in [5, 5.41) is 29.9. The van der Waals surface area contributed by atoms with Gasteiger partial charge in [-0.15, -0.1) is 10.2 Å². The first kappa shape index (κ1) is 32.5. The molecule has 5 aromatic rings. The van der Waals surface area contributed by atoms with Crippen LogP contribution in [0.15, 0.2) is 60.8 Å². The van der Waals surface area contributed by atoms with Crippen molar-refractivity contribution in [3.8, 4) is 17.6 Å². The van der Waals surface area contributed by atoms with Crippen molar-refractivity contribution < 1.29 is 31.9 Å². The van der Waals surface area contributed by atoms with Crippen molar-refractivity contribution in [3.63, 3.8) is 0 Å². The number of pyridine rings is 1. The third-order valence-electron chi connectivity index (χ3n) is 6.42. The largest absolute Gasteiger partial charge is 0.435 e. The van der Waals surface area contributed by atoms with Crippen molar-refractivity contribution in [2.24, 2.45) is 0 Å². The lowest BCUT2D eigenvalue weighted by Gasteiger charge is -2.16. The van der Waals surface area contributed by atoms with Gasteiger partial charge < -0.3 is 15.4 Å². The van der Waals surface area contributed by atoms with Gasteiger partial charge in [-0.2, -0.15) is 23.9 Å². The molecule has 0 aliphatic heterocycles. The van der Waals surface area contributed by atoms with Crippen molar-refractivity contribution in [3.05, 3.63) is 105 Å². The smallest absolute Gasteiger partial charge is 0.387 e. The van der Waals surface area contributed by atoms with Crippen LogP contribution >= 0.6 is 11.6 Å². The van der Waals surface area contributed by atoms with Gasteiger partial charge in [-0.1, -0.05) is 23.7 Å². The number of halogens is 5. The molecule has 3 heterocycles. The quantitative estimate of drug-likeness (QED) is 0.187. The number of ether oxygens (including phenoxy) is 1. The number of nitrogens with zero attached hydrogens (tertiary/aromatic N) is 8. The molecule has 2 aromatic carbocycles. The Kier molecular flexibility index (Phi) is 9.71. The van der Waals surface area contributed by atoms with Crippen LogP contribution in [0.25, 0.3) is 5.82 Å². The van der Waals surface area contributed by atoms with Gasteiger partial charge in [0.1, 0.15) is 18.0 Å². The van der Waals surface area contributed by atoms with E-state index in [4.69, 9.17) is 11.6 Å². The highest BCUT2D eigenvalue weighted by molar-refractivity contribution is 6.32. The predicted octanol–water partition coefficient (Wildman–Crippen LogP) is 4.86. The number of benzene rings is 2. The fourth-order valence-electron chi connectivity index (χ4n) is 4.40. The normalized spacial score (nSPS) is 11.0. The first-order valence-corrected chi connectivity index (χ1v) is 13.8. The summed E-state index contributed by atoms with van der Waals surface area (Å²) in [5.74, 6) is -2.27. The number of nitriles is 1. The number of nitrogens with one attached hydrogen (secondary N) is 2. The number of tetrazole rings is 1. The molecule has 0 fully saturated rings. The topological polar surface area (TPSA) is 166 Å². The number of aryl methyl sites for hydroxylation is 1. The maximum Gasteiger partial charge on any atom is 0.387 e. The Morgan fingerprint density at radius 2 is 1.87 bits per heavy atom. The van der Waals surface area contributed by atoms with Crippen LogP contribution < -0.4 is 15.4 Å². The van der Waals surface area contributed by atoms with Crippen molar-refractivity contribution in [2.45, 2.75) is 33.1 Å². The van der Waals surface area contributed by atoms with Crippen LogP contribution in [0.1, 0.15) is 55.5 Å². The molecule has 0 saturated heterocycles. The highest BCUT2D eigenvalue weighted by Crippen LogP contribution is 2.26. The van der Waals surface area contributed by atoms with E-state index in [1.807, 2.05) is 6.07 Å². The lowest BCUT2D eigenvalue weighted by molar-refractivity contribution is -0.0499. The molecule has 2 amide bonds. The maximum absolute atomic E-state index is 13.8. The number of carbonyl (C=O) groups excluding carboxylic acids is 2. The molecule has 0 saturated carbocycles. The van der Waals surface area contributed by atoms with Gasteiger partial charge in [0.2, 0.25) is 5.82 Å². The minimum Gasteiger partial charge on any atom is -0.435 e. The van der Waals surface area contributed by atoms with Crippen LogP contribution in [0.3, 0.4) is 0 Å². The summed E-state index contributed by atoms with van der Waals surface area (Å²) < 4.78 is 56.8. The number of hydrogen-bond acceptors (Lipinski definition) is 9. The molecule has 3 aromatic heterocycles. The van der Waals surface area contributed by atoms with Gasteiger partial charge in [0, 0.05) is 12.7 Å². The number of alkyl halides is 4. The summed E-state index contributed by atoms with van der Waals surface area (Å²) >= 11 is 6.34. The average molecular weight is 669 g/mol. The first-order valence-electron chi connectivity index (χ1n) is 13.5. The number of carbonyl (C=O) groups is 2. The zero-order valence-corrected chi connectivity index (χ0v) is 24.8. The third-order valence-corrected chi connectivity index (χ3v) is 6.72. The van der Waals surface area contributed by atoms with Gasteiger partial charge in [0.05, 0.1) is 33.6 Å². The molecule has 13 nitrogen and oxygen atoms in total. The Hall–Kier alpha value is -5.89. The molecular weight excluding hydrogens is 648 g/mol. The van der Waals surface area contributed by atoms with E-state index in [2.05, 4.69) is 40.9 Å². The van der Waals surface area contributed by atoms with Crippen LogP contribution in [-0.2, 0) is 13.1 Å². The van der Waals surface area contributed by atoms with Crippen LogP contribution in [0, 0.1) is 18.3 Å². The van der Waals surface area contributed by atoms with Gasteiger partial charge in [-0.3, -0.25) is 9.59 Å². The third kappa shape index (κ3) is 7.68. The lowest BCUT2D eigenvalue weighted by Crippen LogP contribution is -2.26. The summed E-state index contributed by atoms with van der Waals surface area (Å²) in [6, 6.07) is 14.9. The zero-order valence-electron chi connectivity index (χ0n) is 24.0. The molecule has 240 valence electrons. The molecule has 0 unspecified atom stereocenters. The summed E-state index contributed by atoms with van der Waals surface area (Å²) in [5.41, 5.74) is 0.980. The second-order valence-corrected chi connectivity index (χ2v) is 10.1. The van der Waals surface area contributed by atoms with E-state index in [1.165, 1.54) is 48.7 Å². The number of anilines is 1. The molecule has 0 aliphatic carbocycles. The maximum atomic E-state index is 13.8. The highest BCUT2D eigenvalue weighted by Gasteiger charge is 2.24. The van der Waals surface area contributed by atoms with Crippen LogP contribution in [0.4, 0.5) is 23.2 Å². The second-order valence-electron chi connectivity index (χ2n) is 9.71. The average Bonchev–Trinajstić information content (AvgIpc) is 3.68. The number of aromatic nitrogens is 7. The van der Waals surface area contributed by atoms with Crippen molar-refractivity contribution in [1.82, 2.24) is 40.3 Å². The minimum absolute atomic E-state index is 0.0576. The van der Waals surface area contributed by atoms with E-state index in [0.717, 1.165) is 9.48 Å². The molecule has 0 radical (unpaired) electrons. The molecule has 18 heteroatoms. The SMILES string of the molecule is Cc1cc(C#N)cc(C(=O)NCc2cccc(OC(F)F)c2)c1NC(=O)c1cc(Cn2nnc(C(F)F)n2)nn1-c1ncccc1Cl. The Labute approximate surface area is 267 Å². The minimum atomic E-state index is -3.03. The van der Waals surface area contributed by atoms with Crippen LogP contribution in [0.2, 0.25) is 5.02 Å². The first-order chi connectivity index (χ1) is 22.5. The van der Waals surface area contributed by atoms with Gasteiger partial charge in [0.25, 0.3) is 11.8 Å².